The first-order valence-corrected chi connectivity index (χ1v) is 11.9. The number of methoxy groups -OCH3 is 2. The van der Waals surface area contributed by atoms with E-state index in [1.165, 1.54) is 43.6 Å². The summed E-state index contributed by atoms with van der Waals surface area (Å²) in [6.45, 7) is 4.31. The molecule has 184 valence electrons. The van der Waals surface area contributed by atoms with Crippen molar-refractivity contribution in [1.82, 2.24) is 4.57 Å². The second kappa shape index (κ2) is 12.0. The first-order chi connectivity index (χ1) is 16.5. The first-order valence-electron chi connectivity index (χ1n) is 11.9. The predicted molar refractivity (Wildman–Crippen MR) is 142 cm³/mol. The number of nitrogens with one attached hydrogen (secondary N) is 1. The molecule has 5 heteroatoms. The average molecular weight is 491 g/mol. The largest absolute Gasteiger partial charge is 1.00 e. The third kappa shape index (κ3) is 5.72. The number of ether oxygens (including phenoxy) is 2. The molecule has 1 aromatic heterocycles. The smallest absolute Gasteiger partial charge is 0.118 e. The number of allylic oxidation sites excluding steroid dienone is 1. The van der Waals surface area contributed by atoms with E-state index in [-0.39, 0.29) is 12.4 Å². The maximum Gasteiger partial charge on any atom is 0.118 e. The fraction of sp³-hybridized carbons (Fsp3) is 0.267. The Morgan fingerprint density at radius 3 is 1.83 bits per heavy atom. The van der Waals surface area contributed by atoms with Crippen molar-refractivity contribution >= 4 is 22.0 Å². The summed E-state index contributed by atoms with van der Waals surface area (Å²) in [7, 11) is 7.82. The fourth-order valence-electron chi connectivity index (χ4n) is 4.55. The second-order valence-electron chi connectivity index (χ2n) is 8.87. The van der Waals surface area contributed by atoms with Gasteiger partial charge in [0.15, 0.2) is 0 Å². The van der Waals surface area contributed by atoms with E-state index in [2.05, 4.69) is 80.3 Å². The van der Waals surface area contributed by atoms with Crippen LogP contribution in [-0.2, 0) is 6.54 Å². The summed E-state index contributed by atoms with van der Waals surface area (Å²) < 4.78 is 13.3. The number of nitrogens with zero attached hydrogens (tertiary/aromatic N) is 1. The Labute approximate surface area is 215 Å². The van der Waals surface area contributed by atoms with Crippen LogP contribution in [0.1, 0.15) is 30.0 Å². The minimum atomic E-state index is 0. The summed E-state index contributed by atoms with van der Waals surface area (Å²) in [5, 5.41) is 1.30. The second-order valence-corrected chi connectivity index (χ2v) is 8.87. The number of hydrogen-bond donors (Lipinski definition) is 1. The maximum atomic E-state index is 5.43. The highest BCUT2D eigenvalue weighted by Crippen LogP contribution is 2.38. The molecular weight excluding hydrogens is 456 g/mol. The van der Waals surface area contributed by atoms with Crippen LogP contribution < -0.4 is 26.8 Å². The standard InChI is InChI=1S/C30H34N2O2.ClH/c1-6-26(28-21-32(20-19-31(2)3)29-10-8-7-9-27(28)29)30(22-11-15-24(33-4)16-12-22)23-13-17-25(34-5)18-14-23;/h7-18,21H,6,19-20H2,1-5H3;1H. The number of aromatic nitrogens is 1. The average Bonchev–Trinajstić information content (AvgIpc) is 3.24. The van der Waals surface area contributed by atoms with Crippen molar-refractivity contribution in [3.63, 3.8) is 0 Å². The molecule has 1 N–H and O–H groups in total. The molecule has 0 saturated heterocycles. The lowest BCUT2D eigenvalue weighted by Gasteiger charge is -2.16. The van der Waals surface area contributed by atoms with Crippen LogP contribution >= 0.6 is 0 Å². The molecule has 0 aliphatic carbocycles. The normalized spacial score (nSPS) is 10.8. The Morgan fingerprint density at radius 1 is 0.800 bits per heavy atom. The Hall–Kier alpha value is -3.21. The minimum Gasteiger partial charge on any atom is -1.00 e. The number of quaternary nitrogens is 1. The monoisotopic (exact) mass is 490 g/mol. The molecule has 0 saturated carbocycles. The zero-order chi connectivity index (χ0) is 24.1. The maximum absolute atomic E-state index is 5.43. The van der Waals surface area contributed by atoms with Gasteiger partial charge in [0.2, 0.25) is 0 Å². The highest BCUT2D eigenvalue weighted by Gasteiger charge is 2.18. The van der Waals surface area contributed by atoms with Crippen LogP contribution in [-0.4, -0.2) is 39.4 Å². The highest BCUT2D eigenvalue weighted by molar-refractivity contribution is 6.05. The number of fused-ring (bicyclic) bond motifs is 1. The van der Waals surface area contributed by atoms with E-state index in [1.807, 2.05) is 24.3 Å². The van der Waals surface area contributed by atoms with E-state index in [0.29, 0.717) is 0 Å². The van der Waals surface area contributed by atoms with Crippen molar-refractivity contribution in [3.05, 3.63) is 95.7 Å². The Kier molecular flexibility index (Phi) is 9.02. The van der Waals surface area contributed by atoms with Gasteiger partial charge >= 0.3 is 0 Å². The van der Waals surface area contributed by atoms with E-state index in [9.17, 15) is 0 Å². The zero-order valence-corrected chi connectivity index (χ0v) is 22.0. The molecule has 0 aliphatic heterocycles. The Balaban J connectivity index is 0.00000342. The number of hydrogen-bond acceptors (Lipinski definition) is 2. The molecule has 0 aliphatic rings. The third-order valence-corrected chi connectivity index (χ3v) is 6.38. The van der Waals surface area contributed by atoms with Gasteiger partial charge in [-0.1, -0.05) is 49.4 Å². The van der Waals surface area contributed by atoms with Gasteiger partial charge in [0.25, 0.3) is 0 Å². The van der Waals surface area contributed by atoms with Crippen LogP contribution in [0.25, 0.3) is 22.0 Å². The molecule has 0 unspecified atom stereocenters. The zero-order valence-electron chi connectivity index (χ0n) is 21.3. The van der Waals surface area contributed by atoms with Crippen molar-refractivity contribution < 1.29 is 26.8 Å². The molecule has 0 atom stereocenters. The van der Waals surface area contributed by atoms with E-state index in [1.54, 1.807) is 14.2 Å². The predicted octanol–water partition coefficient (Wildman–Crippen LogP) is 2.18. The summed E-state index contributed by atoms with van der Waals surface area (Å²) in [4.78, 5) is 1.45. The van der Waals surface area contributed by atoms with Gasteiger partial charge in [-0.3, -0.25) is 0 Å². The number of para-hydroxylation sites is 1. The Bertz CT molecular complexity index is 1220. The molecule has 4 aromatic rings. The van der Waals surface area contributed by atoms with Gasteiger partial charge in [-0.05, 0) is 59.0 Å². The van der Waals surface area contributed by atoms with Crippen molar-refractivity contribution in [2.45, 2.75) is 19.9 Å². The molecule has 0 fully saturated rings. The van der Waals surface area contributed by atoms with Gasteiger partial charge in [0.05, 0.1) is 41.4 Å². The number of rotatable bonds is 9. The van der Waals surface area contributed by atoms with Crippen LogP contribution in [0, 0.1) is 0 Å². The SMILES string of the molecule is CCC(=C(c1ccc(OC)cc1)c1ccc(OC)cc1)c1cn(CC[NH+](C)C)c2ccccc12.[Cl-]. The molecule has 4 rings (SSSR count). The van der Waals surface area contributed by atoms with Gasteiger partial charge < -0.3 is 31.3 Å². The Morgan fingerprint density at radius 2 is 1.34 bits per heavy atom. The van der Waals surface area contributed by atoms with Crippen LogP contribution in [0.5, 0.6) is 11.5 Å². The number of likely N-dealkylation sites (N-methyl/N-ethyl adjacent to an activating group) is 1. The third-order valence-electron chi connectivity index (χ3n) is 6.38. The lowest BCUT2D eigenvalue weighted by Crippen LogP contribution is -3.06. The lowest BCUT2D eigenvalue weighted by atomic mass is 9.88. The van der Waals surface area contributed by atoms with Crippen molar-refractivity contribution in [2.75, 3.05) is 34.9 Å². The molecule has 1 heterocycles. The van der Waals surface area contributed by atoms with E-state index < -0.39 is 0 Å². The summed E-state index contributed by atoms with van der Waals surface area (Å²) in [6.07, 6.45) is 3.26. The van der Waals surface area contributed by atoms with Gasteiger partial charge in [-0.15, -0.1) is 0 Å². The van der Waals surface area contributed by atoms with Crippen molar-refractivity contribution in [3.8, 4) is 11.5 Å². The number of halogens is 1. The van der Waals surface area contributed by atoms with Crippen LogP contribution in [0.4, 0.5) is 0 Å². The molecule has 0 spiro atoms. The van der Waals surface area contributed by atoms with Crippen molar-refractivity contribution in [1.29, 1.82) is 0 Å². The van der Waals surface area contributed by atoms with Crippen LogP contribution in [0.3, 0.4) is 0 Å². The van der Waals surface area contributed by atoms with Crippen LogP contribution in [0.15, 0.2) is 79.0 Å². The minimum absolute atomic E-state index is 0. The topological polar surface area (TPSA) is 27.8 Å². The van der Waals surface area contributed by atoms with Gasteiger partial charge in [0.1, 0.15) is 11.5 Å². The molecule has 0 bridgehead atoms. The van der Waals surface area contributed by atoms with Gasteiger partial charge in [-0.25, -0.2) is 0 Å². The highest BCUT2D eigenvalue weighted by atomic mass is 35.5. The molecular formula is C30H35ClN2O2. The van der Waals surface area contributed by atoms with Gasteiger partial charge in [0, 0.05) is 22.7 Å². The van der Waals surface area contributed by atoms with E-state index in [0.717, 1.165) is 31.0 Å². The van der Waals surface area contributed by atoms with E-state index >= 15 is 0 Å². The molecule has 4 nitrogen and oxygen atoms in total. The van der Waals surface area contributed by atoms with Crippen molar-refractivity contribution in [2.24, 2.45) is 0 Å². The molecule has 0 amide bonds. The van der Waals surface area contributed by atoms with E-state index in [4.69, 9.17) is 9.47 Å². The summed E-state index contributed by atoms with van der Waals surface area (Å²) in [5.41, 5.74) is 7.52. The summed E-state index contributed by atoms with van der Waals surface area (Å²) in [6, 6.07) is 25.5. The summed E-state index contributed by atoms with van der Waals surface area (Å²) in [5.74, 6) is 1.72. The first kappa shape index (κ1) is 26.4. The van der Waals surface area contributed by atoms with Gasteiger partial charge in [-0.2, -0.15) is 0 Å². The van der Waals surface area contributed by atoms with Crippen LogP contribution in [0.2, 0.25) is 0 Å². The quantitative estimate of drug-likeness (QED) is 0.389. The molecule has 0 radical (unpaired) electrons. The fourth-order valence-corrected chi connectivity index (χ4v) is 4.55. The molecule has 3 aromatic carbocycles. The molecule has 35 heavy (non-hydrogen) atoms. The lowest BCUT2D eigenvalue weighted by molar-refractivity contribution is -0.858. The summed E-state index contributed by atoms with van der Waals surface area (Å²) >= 11 is 0. The number of benzene rings is 3.